The monoisotopic (exact) mass is 295 g/mol. The van der Waals surface area contributed by atoms with E-state index in [1.165, 1.54) is 12.0 Å². The van der Waals surface area contributed by atoms with Crippen molar-refractivity contribution in [2.24, 2.45) is 0 Å². The number of hydrogen-bond donors (Lipinski definition) is 0. The van der Waals surface area contributed by atoms with Gasteiger partial charge in [-0.15, -0.1) is 0 Å². The first kappa shape index (κ1) is 14.7. The second kappa shape index (κ2) is 6.69. The van der Waals surface area contributed by atoms with E-state index in [0.29, 0.717) is 12.0 Å². The summed E-state index contributed by atoms with van der Waals surface area (Å²) < 4.78 is 0. The molecule has 22 heavy (non-hydrogen) atoms. The SMILES string of the molecule is Cc1nc(Cc2ccccc2)ncc1C(=O)N1CCCCC1. The quantitative estimate of drug-likeness (QED) is 0.874. The van der Waals surface area contributed by atoms with Crippen LogP contribution in [0.5, 0.6) is 0 Å². The molecule has 0 bridgehead atoms. The Morgan fingerprint density at radius 3 is 2.55 bits per heavy atom. The first-order valence-electron chi connectivity index (χ1n) is 7.90. The molecular weight excluding hydrogens is 274 g/mol. The molecular formula is C18H21N3O. The van der Waals surface area contributed by atoms with Crippen LogP contribution >= 0.6 is 0 Å². The van der Waals surface area contributed by atoms with Gasteiger partial charge >= 0.3 is 0 Å². The lowest BCUT2D eigenvalue weighted by molar-refractivity contribution is 0.0722. The molecule has 2 heterocycles. The zero-order valence-corrected chi connectivity index (χ0v) is 13.0. The summed E-state index contributed by atoms with van der Waals surface area (Å²) in [6.45, 7) is 3.60. The van der Waals surface area contributed by atoms with Crippen molar-refractivity contribution in [3.8, 4) is 0 Å². The lowest BCUT2D eigenvalue weighted by Crippen LogP contribution is -2.36. The predicted molar refractivity (Wildman–Crippen MR) is 85.8 cm³/mol. The third-order valence-electron chi connectivity index (χ3n) is 4.11. The van der Waals surface area contributed by atoms with Gasteiger partial charge in [0.05, 0.1) is 11.3 Å². The molecule has 3 rings (SSSR count). The van der Waals surface area contributed by atoms with Gasteiger partial charge in [0, 0.05) is 25.7 Å². The van der Waals surface area contributed by atoms with Crippen LogP contribution in [0.25, 0.3) is 0 Å². The largest absolute Gasteiger partial charge is 0.339 e. The lowest BCUT2D eigenvalue weighted by atomic mass is 10.1. The Morgan fingerprint density at radius 1 is 1.14 bits per heavy atom. The van der Waals surface area contributed by atoms with Gasteiger partial charge in [-0.25, -0.2) is 9.97 Å². The number of carbonyl (C=O) groups is 1. The Bertz CT molecular complexity index is 649. The summed E-state index contributed by atoms with van der Waals surface area (Å²) in [5.74, 6) is 0.836. The molecule has 0 atom stereocenters. The van der Waals surface area contributed by atoms with E-state index in [9.17, 15) is 4.79 Å². The van der Waals surface area contributed by atoms with Crippen LogP contribution in [-0.4, -0.2) is 33.9 Å². The van der Waals surface area contributed by atoms with Gasteiger partial charge in [0.25, 0.3) is 5.91 Å². The first-order valence-corrected chi connectivity index (χ1v) is 7.90. The number of likely N-dealkylation sites (tertiary alicyclic amines) is 1. The average Bonchev–Trinajstić information content (AvgIpc) is 2.56. The Morgan fingerprint density at radius 2 is 1.86 bits per heavy atom. The topological polar surface area (TPSA) is 46.1 Å². The van der Waals surface area contributed by atoms with Crippen LogP contribution in [0.2, 0.25) is 0 Å². The zero-order chi connectivity index (χ0) is 15.4. The number of aryl methyl sites for hydroxylation is 1. The van der Waals surface area contributed by atoms with Crippen molar-refractivity contribution in [2.45, 2.75) is 32.6 Å². The van der Waals surface area contributed by atoms with Crippen molar-refractivity contribution < 1.29 is 4.79 Å². The van der Waals surface area contributed by atoms with E-state index in [1.807, 2.05) is 30.0 Å². The van der Waals surface area contributed by atoms with Gasteiger partial charge in [-0.2, -0.15) is 0 Å². The fourth-order valence-electron chi connectivity index (χ4n) is 2.86. The van der Waals surface area contributed by atoms with Gasteiger partial charge in [0.1, 0.15) is 5.82 Å². The number of carbonyl (C=O) groups excluding carboxylic acids is 1. The van der Waals surface area contributed by atoms with E-state index in [0.717, 1.165) is 37.4 Å². The number of piperidine rings is 1. The molecule has 0 unspecified atom stereocenters. The summed E-state index contributed by atoms with van der Waals surface area (Å²) in [7, 11) is 0. The molecule has 2 aromatic rings. The molecule has 0 radical (unpaired) electrons. The van der Waals surface area contributed by atoms with Gasteiger partial charge in [-0.05, 0) is 31.7 Å². The highest BCUT2D eigenvalue weighted by molar-refractivity contribution is 5.94. The third-order valence-corrected chi connectivity index (χ3v) is 4.11. The van der Waals surface area contributed by atoms with Crippen LogP contribution in [0.4, 0.5) is 0 Å². The van der Waals surface area contributed by atoms with Crippen LogP contribution in [0, 0.1) is 6.92 Å². The maximum absolute atomic E-state index is 12.5. The van der Waals surface area contributed by atoms with Crippen LogP contribution in [0.3, 0.4) is 0 Å². The summed E-state index contributed by atoms with van der Waals surface area (Å²) in [5.41, 5.74) is 2.59. The minimum absolute atomic E-state index is 0.0726. The van der Waals surface area contributed by atoms with E-state index in [4.69, 9.17) is 0 Å². The number of amides is 1. The molecule has 1 aromatic carbocycles. The molecule has 4 nitrogen and oxygen atoms in total. The fourth-order valence-corrected chi connectivity index (χ4v) is 2.86. The van der Waals surface area contributed by atoms with Crippen LogP contribution in [0.15, 0.2) is 36.5 Å². The third kappa shape index (κ3) is 3.32. The number of nitrogens with zero attached hydrogens (tertiary/aromatic N) is 3. The highest BCUT2D eigenvalue weighted by Crippen LogP contribution is 2.15. The number of aromatic nitrogens is 2. The average molecular weight is 295 g/mol. The van der Waals surface area contributed by atoms with Crippen molar-refractivity contribution >= 4 is 5.91 Å². The maximum atomic E-state index is 12.5. The van der Waals surface area contributed by atoms with E-state index >= 15 is 0 Å². The first-order chi connectivity index (χ1) is 10.7. The standard InChI is InChI=1S/C18H21N3O/c1-14-16(18(22)21-10-6-3-7-11-21)13-19-17(20-14)12-15-8-4-2-5-9-15/h2,4-5,8-9,13H,3,6-7,10-12H2,1H3. The van der Waals surface area contributed by atoms with Crippen molar-refractivity contribution in [3.63, 3.8) is 0 Å². The highest BCUT2D eigenvalue weighted by atomic mass is 16.2. The summed E-state index contributed by atoms with van der Waals surface area (Å²) in [4.78, 5) is 23.4. The molecule has 0 spiro atoms. The minimum Gasteiger partial charge on any atom is -0.339 e. The Kier molecular flexibility index (Phi) is 4.47. The van der Waals surface area contributed by atoms with E-state index in [2.05, 4.69) is 22.1 Å². The highest BCUT2D eigenvalue weighted by Gasteiger charge is 2.20. The maximum Gasteiger partial charge on any atom is 0.257 e. The smallest absolute Gasteiger partial charge is 0.257 e. The summed E-state index contributed by atoms with van der Waals surface area (Å²) in [5, 5.41) is 0. The Hall–Kier alpha value is -2.23. The molecule has 114 valence electrons. The second-order valence-electron chi connectivity index (χ2n) is 5.80. The van der Waals surface area contributed by atoms with Gasteiger partial charge in [-0.3, -0.25) is 4.79 Å². The molecule has 0 saturated carbocycles. The number of benzene rings is 1. The number of rotatable bonds is 3. The molecule has 0 aliphatic carbocycles. The normalized spacial score (nSPS) is 14.9. The molecule has 1 fully saturated rings. The van der Waals surface area contributed by atoms with E-state index in [-0.39, 0.29) is 5.91 Å². The molecule has 0 N–H and O–H groups in total. The van der Waals surface area contributed by atoms with Crippen molar-refractivity contribution in [1.82, 2.24) is 14.9 Å². The molecule has 1 aliphatic rings. The lowest BCUT2D eigenvalue weighted by Gasteiger charge is -2.27. The van der Waals surface area contributed by atoms with Gasteiger partial charge < -0.3 is 4.90 Å². The van der Waals surface area contributed by atoms with Gasteiger partial charge in [0.2, 0.25) is 0 Å². The Balaban J connectivity index is 1.75. The minimum atomic E-state index is 0.0726. The van der Waals surface area contributed by atoms with Crippen LogP contribution in [0.1, 0.15) is 46.7 Å². The van der Waals surface area contributed by atoms with E-state index < -0.39 is 0 Å². The van der Waals surface area contributed by atoms with Crippen LogP contribution in [-0.2, 0) is 6.42 Å². The van der Waals surface area contributed by atoms with Crippen molar-refractivity contribution in [3.05, 3.63) is 59.2 Å². The molecule has 1 amide bonds. The van der Waals surface area contributed by atoms with E-state index in [1.54, 1.807) is 6.20 Å². The molecule has 1 saturated heterocycles. The molecule has 1 aromatic heterocycles. The van der Waals surface area contributed by atoms with Gasteiger partial charge in [-0.1, -0.05) is 30.3 Å². The summed E-state index contributed by atoms with van der Waals surface area (Å²) >= 11 is 0. The second-order valence-corrected chi connectivity index (χ2v) is 5.80. The summed E-state index contributed by atoms with van der Waals surface area (Å²) in [6.07, 6.45) is 5.79. The van der Waals surface area contributed by atoms with Crippen molar-refractivity contribution in [1.29, 1.82) is 0 Å². The summed E-state index contributed by atoms with van der Waals surface area (Å²) in [6, 6.07) is 10.1. The zero-order valence-electron chi connectivity index (χ0n) is 13.0. The van der Waals surface area contributed by atoms with Crippen LogP contribution < -0.4 is 0 Å². The Labute approximate surface area is 131 Å². The van der Waals surface area contributed by atoms with Crippen molar-refractivity contribution in [2.75, 3.05) is 13.1 Å². The molecule has 1 aliphatic heterocycles. The molecule has 4 heteroatoms. The van der Waals surface area contributed by atoms with Gasteiger partial charge in [0.15, 0.2) is 0 Å². The number of hydrogen-bond acceptors (Lipinski definition) is 3. The fraction of sp³-hybridized carbons (Fsp3) is 0.389. The predicted octanol–water partition coefficient (Wildman–Crippen LogP) is 3.00.